The monoisotopic (exact) mass is 566 g/mol. The minimum Gasteiger partial charge on any atom is -0.294 e. The van der Waals surface area contributed by atoms with Gasteiger partial charge in [0, 0.05) is 9.79 Å². The lowest BCUT2D eigenvalue weighted by Gasteiger charge is -2.21. The number of rotatable bonds is 3. The highest BCUT2D eigenvalue weighted by atomic mass is 32.2. The van der Waals surface area contributed by atoms with E-state index in [0.717, 1.165) is 11.3 Å². The molecule has 0 bridgehead atoms. The van der Waals surface area contributed by atoms with E-state index in [0.29, 0.717) is 0 Å². The molecule has 43 heavy (non-hydrogen) atoms. The third kappa shape index (κ3) is 3.72. The average Bonchev–Trinajstić information content (AvgIpc) is 3.41. The topological polar surface area (TPSA) is 17.8 Å². The number of benzene rings is 7. The molecule has 0 radical (unpaired) electrons. The minimum atomic E-state index is 1.02. The Morgan fingerprint density at radius 1 is 0.488 bits per heavy atom. The van der Waals surface area contributed by atoms with Crippen LogP contribution in [0.25, 0.3) is 71.6 Å². The van der Waals surface area contributed by atoms with Gasteiger partial charge in [-0.05, 0) is 92.2 Å². The Labute approximate surface area is 254 Å². The normalized spacial score (nSPS) is 12.2. The molecule has 9 rings (SSSR count). The zero-order valence-electron chi connectivity index (χ0n) is 23.6. The fourth-order valence-electron chi connectivity index (χ4n) is 6.88. The molecule has 0 saturated heterocycles. The number of hydrogen-bond donors (Lipinski definition) is 0. The van der Waals surface area contributed by atoms with Crippen LogP contribution in [-0.2, 0) is 0 Å². The number of hydrogen-bond acceptors (Lipinski definition) is 2. The number of imidazole rings is 1. The highest BCUT2D eigenvalue weighted by molar-refractivity contribution is 7.99. The lowest BCUT2D eigenvalue weighted by molar-refractivity contribution is 0.963. The summed E-state index contributed by atoms with van der Waals surface area (Å²) < 4.78 is 2.31. The number of aryl methyl sites for hydroxylation is 1. The first-order valence-electron chi connectivity index (χ1n) is 14.6. The van der Waals surface area contributed by atoms with Crippen molar-refractivity contribution in [3.05, 3.63) is 145 Å². The minimum absolute atomic E-state index is 1.02. The summed E-state index contributed by atoms with van der Waals surface area (Å²) in [5.41, 5.74) is 11.0. The maximum absolute atomic E-state index is 4.83. The molecule has 2 nitrogen and oxygen atoms in total. The Balaban J connectivity index is 1.24. The highest BCUT2D eigenvalue weighted by Crippen LogP contribution is 2.46. The summed E-state index contributed by atoms with van der Waals surface area (Å²) in [4.78, 5) is 7.35. The lowest BCUT2D eigenvalue weighted by atomic mass is 9.85. The molecule has 0 fully saturated rings. The Kier molecular flexibility index (Phi) is 5.38. The van der Waals surface area contributed by atoms with Crippen molar-refractivity contribution in [1.82, 2.24) is 9.55 Å². The third-order valence-electron chi connectivity index (χ3n) is 8.71. The second-order valence-electron chi connectivity index (χ2n) is 11.2. The first-order chi connectivity index (χ1) is 21.2. The molecule has 0 unspecified atom stereocenters. The Bertz CT molecular complexity index is 2330. The van der Waals surface area contributed by atoms with E-state index < -0.39 is 0 Å². The van der Waals surface area contributed by atoms with Crippen molar-refractivity contribution in [2.75, 3.05) is 0 Å². The molecule has 7 aromatic carbocycles. The molecule has 1 aliphatic rings. The van der Waals surface area contributed by atoms with Crippen LogP contribution in [0.4, 0.5) is 0 Å². The average molecular weight is 567 g/mol. The summed E-state index contributed by atoms with van der Waals surface area (Å²) in [6.07, 6.45) is 0. The molecule has 0 spiro atoms. The SMILES string of the molecule is Cc1nc2cccc3c2n1-c1ccc(-c2cccc(-c4c5ccccc5c(-c5ccccc5)c5ccccc45)c2)cc1S3. The molecular formula is C40H26N2S. The maximum Gasteiger partial charge on any atom is 0.111 e. The number of aromatic nitrogens is 2. The van der Waals surface area contributed by atoms with Crippen LogP contribution in [0, 0.1) is 6.92 Å². The maximum atomic E-state index is 4.83. The van der Waals surface area contributed by atoms with Crippen molar-refractivity contribution in [2.45, 2.75) is 16.7 Å². The summed E-state index contributed by atoms with van der Waals surface area (Å²) in [6.45, 7) is 2.10. The summed E-state index contributed by atoms with van der Waals surface area (Å²) in [7, 11) is 0. The first-order valence-corrected chi connectivity index (χ1v) is 15.5. The van der Waals surface area contributed by atoms with Gasteiger partial charge in [0.1, 0.15) is 5.82 Å². The van der Waals surface area contributed by atoms with Crippen LogP contribution in [0.15, 0.2) is 149 Å². The number of nitrogens with zero attached hydrogens (tertiary/aromatic N) is 2. The smallest absolute Gasteiger partial charge is 0.111 e. The van der Waals surface area contributed by atoms with Crippen molar-refractivity contribution >= 4 is 44.3 Å². The van der Waals surface area contributed by atoms with Crippen molar-refractivity contribution in [3.63, 3.8) is 0 Å². The van der Waals surface area contributed by atoms with Crippen LogP contribution in [-0.4, -0.2) is 9.55 Å². The van der Waals surface area contributed by atoms with Crippen LogP contribution in [0.5, 0.6) is 0 Å². The fraction of sp³-hybridized carbons (Fsp3) is 0.0250. The van der Waals surface area contributed by atoms with Gasteiger partial charge in [0.15, 0.2) is 0 Å². The van der Waals surface area contributed by atoms with E-state index in [1.54, 1.807) is 0 Å². The molecule has 0 atom stereocenters. The summed E-state index contributed by atoms with van der Waals surface area (Å²) in [5, 5.41) is 5.10. The van der Waals surface area contributed by atoms with Gasteiger partial charge in [-0.15, -0.1) is 0 Å². The van der Waals surface area contributed by atoms with Gasteiger partial charge < -0.3 is 0 Å². The quantitative estimate of drug-likeness (QED) is 0.198. The molecule has 3 heteroatoms. The Morgan fingerprint density at radius 2 is 1.07 bits per heavy atom. The van der Waals surface area contributed by atoms with E-state index in [-0.39, 0.29) is 0 Å². The standard InChI is InChI=1S/C40H26N2S/c1-25-41-34-19-10-20-36-40(34)42(25)35-22-21-28(24-37(35)43-36)27-13-9-14-29(23-27)39-32-17-7-5-15-30(32)38(26-11-3-2-4-12-26)31-16-6-8-18-33(31)39/h2-24H,1H3. The molecular weight excluding hydrogens is 541 g/mol. The molecule has 0 aliphatic carbocycles. The largest absolute Gasteiger partial charge is 0.294 e. The van der Waals surface area contributed by atoms with Gasteiger partial charge in [-0.2, -0.15) is 0 Å². The van der Waals surface area contributed by atoms with Gasteiger partial charge in [0.25, 0.3) is 0 Å². The molecule has 202 valence electrons. The molecule has 2 heterocycles. The van der Waals surface area contributed by atoms with E-state index in [1.165, 1.54) is 75.9 Å². The van der Waals surface area contributed by atoms with E-state index >= 15 is 0 Å². The van der Waals surface area contributed by atoms with Gasteiger partial charge in [0.05, 0.1) is 16.7 Å². The van der Waals surface area contributed by atoms with Gasteiger partial charge in [-0.1, -0.05) is 121 Å². The highest BCUT2D eigenvalue weighted by Gasteiger charge is 2.22. The van der Waals surface area contributed by atoms with Crippen LogP contribution >= 0.6 is 11.8 Å². The number of fused-ring (bicyclic) bond motifs is 4. The van der Waals surface area contributed by atoms with Crippen LogP contribution in [0.1, 0.15) is 5.82 Å². The third-order valence-corrected chi connectivity index (χ3v) is 9.80. The molecule has 8 aromatic rings. The summed E-state index contributed by atoms with van der Waals surface area (Å²) >= 11 is 1.84. The van der Waals surface area contributed by atoms with Gasteiger partial charge >= 0.3 is 0 Å². The Morgan fingerprint density at radius 3 is 1.79 bits per heavy atom. The molecule has 1 aromatic heterocycles. The second-order valence-corrected chi connectivity index (χ2v) is 12.3. The number of para-hydroxylation sites is 1. The van der Waals surface area contributed by atoms with Crippen LogP contribution < -0.4 is 0 Å². The lowest BCUT2D eigenvalue weighted by Crippen LogP contribution is -2.03. The van der Waals surface area contributed by atoms with E-state index in [2.05, 4.69) is 151 Å². The van der Waals surface area contributed by atoms with Gasteiger partial charge in [-0.3, -0.25) is 4.57 Å². The van der Waals surface area contributed by atoms with Crippen molar-refractivity contribution in [3.8, 4) is 39.1 Å². The van der Waals surface area contributed by atoms with Crippen molar-refractivity contribution in [1.29, 1.82) is 0 Å². The summed E-state index contributed by atoms with van der Waals surface area (Å²) in [5.74, 6) is 1.02. The van der Waals surface area contributed by atoms with E-state index in [1.807, 2.05) is 11.8 Å². The molecule has 0 N–H and O–H groups in total. The zero-order valence-corrected chi connectivity index (χ0v) is 24.4. The van der Waals surface area contributed by atoms with Gasteiger partial charge in [0.2, 0.25) is 0 Å². The van der Waals surface area contributed by atoms with E-state index in [9.17, 15) is 0 Å². The van der Waals surface area contributed by atoms with Gasteiger partial charge in [-0.25, -0.2) is 4.98 Å². The van der Waals surface area contributed by atoms with Crippen molar-refractivity contribution in [2.24, 2.45) is 0 Å². The summed E-state index contributed by atoms with van der Waals surface area (Å²) in [6, 6.07) is 50.8. The molecule has 0 saturated carbocycles. The first kappa shape index (κ1) is 24.5. The second kappa shape index (κ2) is 9.45. The van der Waals surface area contributed by atoms with Crippen LogP contribution in [0.2, 0.25) is 0 Å². The fourth-order valence-corrected chi connectivity index (χ4v) is 8.00. The molecule has 0 amide bonds. The Hall–Kier alpha value is -5.12. The van der Waals surface area contributed by atoms with Crippen LogP contribution in [0.3, 0.4) is 0 Å². The van der Waals surface area contributed by atoms with E-state index in [4.69, 9.17) is 4.98 Å². The predicted octanol–water partition coefficient (Wildman–Crippen LogP) is 11.1. The predicted molar refractivity (Wildman–Crippen MR) is 181 cm³/mol. The molecule has 1 aliphatic heterocycles. The zero-order chi connectivity index (χ0) is 28.5. The van der Waals surface area contributed by atoms with Crippen molar-refractivity contribution < 1.29 is 0 Å².